The van der Waals surface area contributed by atoms with Gasteiger partial charge < -0.3 is 0 Å². The van der Waals surface area contributed by atoms with Crippen molar-refractivity contribution in [2.45, 2.75) is 19.1 Å². The van der Waals surface area contributed by atoms with Crippen molar-refractivity contribution in [3.63, 3.8) is 0 Å². The zero-order valence-corrected chi connectivity index (χ0v) is 22.7. The number of benzene rings is 6. The van der Waals surface area contributed by atoms with E-state index in [1.54, 1.807) is 36.4 Å². The summed E-state index contributed by atoms with van der Waals surface area (Å²) in [6.07, 6.45) is 0. The van der Waals surface area contributed by atoms with E-state index in [1.807, 2.05) is 36.4 Å². The second-order valence-corrected chi connectivity index (χ2v) is 10.5. The molecule has 0 radical (unpaired) electrons. The van der Waals surface area contributed by atoms with E-state index in [9.17, 15) is 4.11 Å². The van der Waals surface area contributed by atoms with Crippen molar-refractivity contribution in [2.24, 2.45) is 0 Å². The minimum absolute atomic E-state index is 0.0914. The van der Waals surface area contributed by atoms with E-state index in [4.69, 9.17) is 32.8 Å². The molecule has 0 bridgehead atoms. The number of rotatable bonds is 3. The van der Waals surface area contributed by atoms with E-state index in [0.29, 0.717) is 11.1 Å². The SMILES string of the molecule is [2H]c1c([2H])c([2H])c2c(c1[2H])-c1c(c([2H])c3c(c1[2H])c1c([2H])c([2H])c([2H])c([2H])c1n3-c1nc(-c3ccccc3)nc(-c3ccc4ccccc4c3)n1)C2(C([2H])([2H])[2H])C([2H])([2H])[2H]. The quantitative estimate of drug-likeness (QED) is 0.209. The van der Waals surface area contributed by atoms with Gasteiger partial charge in [0.25, 0.3) is 0 Å². The van der Waals surface area contributed by atoms with Gasteiger partial charge in [-0.1, -0.05) is 123 Å². The van der Waals surface area contributed by atoms with Gasteiger partial charge in [0.2, 0.25) is 5.95 Å². The Labute approximate surface area is 277 Å². The van der Waals surface area contributed by atoms with Gasteiger partial charge in [-0.15, -0.1) is 0 Å². The molecule has 0 fully saturated rings. The maximum absolute atomic E-state index is 9.95. The predicted octanol–water partition coefficient (Wildman–Crippen LogP) is 9.76. The Morgan fingerprint density at radius 3 is 2.23 bits per heavy atom. The fourth-order valence-corrected chi connectivity index (χ4v) is 5.82. The van der Waals surface area contributed by atoms with Gasteiger partial charge in [0.05, 0.1) is 24.7 Å². The van der Waals surface area contributed by atoms with Crippen LogP contribution in [0.15, 0.2) is 133 Å². The number of aromatic nitrogens is 4. The lowest BCUT2D eigenvalue weighted by molar-refractivity contribution is 0.661. The van der Waals surface area contributed by atoms with E-state index in [0.717, 1.165) is 15.3 Å². The summed E-state index contributed by atoms with van der Waals surface area (Å²) in [6, 6.07) is 13.9. The van der Waals surface area contributed by atoms with Crippen molar-refractivity contribution < 1.29 is 21.9 Å². The monoisotopic (exact) mass is 580 g/mol. The summed E-state index contributed by atoms with van der Waals surface area (Å²) in [7, 11) is 0. The van der Waals surface area contributed by atoms with Crippen LogP contribution in [0, 0.1) is 0 Å². The summed E-state index contributed by atoms with van der Waals surface area (Å²) in [5.74, 6) is -0.138. The van der Waals surface area contributed by atoms with Crippen molar-refractivity contribution in [3.8, 4) is 39.9 Å². The van der Waals surface area contributed by atoms with Gasteiger partial charge in [-0.2, -0.15) is 9.97 Å². The molecule has 0 atom stereocenters. The molecule has 9 rings (SSSR count). The summed E-state index contributed by atoms with van der Waals surface area (Å²) in [5, 5.41) is 1.10. The topological polar surface area (TPSA) is 43.6 Å². The number of hydrogen-bond acceptors (Lipinski definition) is 3. The second-order valence-electron chi connectivity index (χ2n) is 10.5. The Hall–Kier alpha value is -5.61. The highest BCUT2D eigenvalue weighted by Gasteiger charge is 2.36. The van der Waals surface area contributed by atoms with Crippen LogP contribution < -0.4 is 0 Å². The molecule has 0 N–H and O–H groups in total. The Morgan fingerprint density at radius 1 is 0.614 bits per heavy atom. The molecule has 1 aliphatic carbocycles. The van der Waals surface area contributed by atoms with Crippen LogP contribution in [0.3, 0.4) is 0 Å². The molecule has 0 aliphatic heterocycles. The molecule has 208 valence electrons. The summed E-state index contributed by atoms with van der Waals surface area (Å²) in [4.78, 5) is 14.3. The molecule has 0 amide bonds. The molecule has 0 spiro atoms. The minimum Gasteiger partial charge on any atom is -0.278 e. The maximum Gasteiger partial charge on any atom is 0.238 e. The van der Waals surface area contributed by atoms with E-state index in [-0.39, 0.29) is 33.9 Å². The van der Waals surface area contributed by atoms with Crippen molar-refractivity contribution in [1.82, 2.24) is 19.5 Å². The molecule has 4 heteroatoms. The molecule has 0 saturated heterocycles. The van der Waals surface area contributed by atoms with E-state index < -0.39 is 107 Å². The smallest absolute Gasteiger partial charge is 0.238 e. The van der Waals surface area contributed by atoms with Crippen molar-refractivity contribution in [3.05, 3.63) is 144 Å². The number of nitrogens with zero attached hydrogens (tertiary/aromatic N) is 4. The number of fused-ring (bicyclic) bond motifs is 7. The van der Waals surface area contributed by atoms with Gasteiger partial charge in [-0.05, 0) is 57.2 Å². The maximum atomic E-state index is 9.95. The molecular weight excluding hydrogens is 536 g/mol. The molecule has 44 heavy (non-hydrogen) atoms. The Kier molecular flexibility index (Phi) is 2.88. The first kappa shape index (κ1) is 13.8. The first-order chi connectivity index (χ1) is 28.2. The Balaban J connectivity index is 1.54. The predicted molar refractivity (Wildman–Crippen MR) is 180 cm³/mol. The lowest BCUT2D eigenvalue weighted by atomic mass is 9.82. The molecular formula is C40H28N4. The van der Waals surface area contributed by atoms with Crippen molar-refractivity contribution in [1.29, 1.82) is 0 Å². The summed E-state index contributed by atoms with van der Waals surface area (Å²) in [6.45, 7) is -7.27. The summed E-state index contributed by atoms with van der Waals surface area (Å²) in [5.41, 5.74) is -5.88. The van der Waals surface area contributed by atoms with E-state index >= 15 is 0 Å². The zero-order chi connectivity index (χ0) is 43.1. The van der Waals surface area contributed by atoms with Gasteiger partial charge in [-0.3, -0.25) is 4.57 Å². The van der Waals surface area contributed by atoms with E-state index in [2.05, 4.69) is 0 Å². The van der Waals surface area contributed by atoms with Crippen LogP contribution in [0.1, 0.15) is 46.8 Å². The van der Waals surface area contributed by atoms with Gasteiger partial charge in [-0.25, -0.2) is 4.98 Å². The average Bonchev–Trinajstić information content (AvgIpc) is 3.77. The third-order valence-corrected chi connectivity index (χ3v) is 7.90. The van der Waals surface area contributed by atoms with Crippen LogP contribution in [0.2, 0.25) is 0 Å². The summed E-state index contributed by atoms with van der Waals surface area (Å²) < 4.78 is 144. The first-order valence-electron chi connectivity index (χ1n) is 21.7. The zero-order valence-electron chi connectivity index (χ0n) is 38.7. The van der Waals surface area contributed by atoms with Gasteiger partial charge in [0, 0.05) is 35.5 Å². The Morgan fingerprint density at radius 2 is 1.36 bits per heavy atom. The highest BCUT2D eigenvalue weighted by Crippen LogP contribution is 2.50. The molecule has 2 aromatic heterocycles. The van der Waals surface area contributed by atoms with Crippen molar-refractivity contribution in [2.75, 3.05) is 0 Å². The summed E-state index contributed by atoms with van der Waals surface area (Å²) >= 11 is 0. The average molecular weight is 581 g/mol. The molecule has 4 nitrogen and oxygen atoms in total. The lowest BCUT2D eigenvalue weighted by Crippen LogP contribution is -2.15. The first-order valence-corrected chi connectivity index (χ1v) is 13.7. The van der Waals surface area contributed by atoms with Gasteiger partial charge in [0.15, 0.2) is 11.6 Å². The highest BCUT2D eigenvalue weighted by molar-refractivity contribution is 6.11. The van der Waals surface area contributed by atoms with Crippen molar-refractivity contribution >= 4 is 32.6 Å². The van der Waals surface area contributed by atoms with Crippen LogP contribution in [0.5, 0.6) is 0 Å². The van der Waals surface area contributed by atoms with Crippen LogP contribution in [0.25, 0.3) is 72.4 Å². The van der Waals surface area contributed by atoms with Crippen LogP contribution in [0.4, 0.5) is 0 Å². The normalized spacial score (nSPS) is 19.2. The van der Waals surface area contributed by atoms with E-state index in [1.165, 1.54) is 0 Å². The molecule has 1 aliphatic rings. The molecule has 8 aromatic rings. The van der Waals surface area contributed by atoms with Gasteiger partial charge in [0.1, 0.15) is 0 Å². The van der Waals surface area contributed by atoms with Crippen LogP contribution in [-0.2, 0) is 5.41 Å². The number of hydrogen-bond donors (Lipinski definition) is 0. The van der Waals surface area contributed by atoms with Gasteiger partial charge >= 0.3 is 0 Å². The van der Waals surface area contributed by atoms with Crippen LogP contribution in [-0.4, -0.2) is 19.5 Å². The minimum atomic E-state index is -3.63. The largest absolute Gasteiger partial charge is 0.278 e. The molecule has 0 saturated carbocycles. The fourth-order valence-electron chi connectivity index (χ4n) is 5.82. The lowest BCUT2D eigenvalue weighted by Gasteiger charge is -2.21. The standard InChI is InChI=1S/C40H28N4/c1-40(2)33-18-10-8-16-29(33)31-23-32-30-17-9-11-19-35(30)44(36(32)24-34(31)40)39-42-37(26-13-4-3-5-14-26)41-38(43-39)28-21-20-25-12-6-7-15-27(25)22-28/h3-24H,1-2H3/i1D3,2D3,8D,9D,10D,11D,16D,17D,18D,19D,23D,24D. The molecule has 2 heterocycles. The second kappa shape index (κ2) is 9.19. The fraction of sp³-hybridized carbons (Fsp3) is 0.0750. The third-order valence-electron chi connectivity index (χ3n) is 7.90. The Bertz CT molecular complexity index is 3180. The number of para-hydroxylation sites is 1. The highest BCUT2D eigenvalue weighted by atomic mass is 15.2. The molecule has 0 unspecified atom stereocenters. The third kappa shape index (κ3) is 3.61. The van der Waals surface area contributed by atoms with Crippen LogP contribution >= 0.6 is 0 Å². The molecule has 6 aromatic carbocycles.